The number of amides is 1. The van der Waals surface area contributed by atoms with Crippen molar-refractivity contribution in [2.45, 2.75) is 25.8 Å². The second-order valence-electron chi connectivity index (χ2n) is 5.33. The summed E-state index contributed by atoms with van der Waals surface area (Å²) in [5.41, 5.74) is 0.806. The quantitative estimate of drug-likeness (QED) is 0.835. The number of likely N-dealkylation sites (N-methyl/N-ethyl adjacent to an activating group) is 1. The third kappa shape index (κ3) is 3.61. The van der Waals surface area contributed by atoms with Crippen LogP contribution < -0.4 is 20.1 Å². The van der Waals surface area contributed by atoms with Crippen LogP contribution in [0.2, 0.25) is 0 Å². The minimum atomic E-state index is -0.304. The van der Waals surface area contributed by atoms with Gasteiger partial charge in [-0.1, -0.05) is 6.07 Å². The fraction of sp³-hybridized carbons (Fsp3) is 0.500. The van der Waals surface area contributed by atoms with Gasteiger partial charge in [-0.25, -0.2) is 0 Å². The molecule has 5 heteroatoms. The molecule has 2 rings (SSSR count). The fourth-order valence-corrected chi connectivity index (χ4v) is 2.19. The Morgan fingerprint density at radius 2 is 2.05 bits per heavy atom. The molecule has 0 saturated heterocycles. The highest BCUT2D eigenvalue weighted by Gasteiger charge is 2.22. The molecule has 2 N–H and O–H groups in total. The first-order valence-corrected chi connectivity index (χ1v) is 6.34. The summed E-state index contributed by atoms with van der Waals surface area (Å²) in [6.07, 6.45) is 0.735. The highest BCUT2D eigenvalue weighted by Crippen LogP contribution is 2.33. The molecule has 0 spiro atoms. The lowest BCUT2D eigenvalue weighted by Crippen LogP contribution is -2.47. The average molecular weight is 264 g/mol. The molecule has 1 aliphatic heterocycles. The van der Waals surface area contributed by atoms with Gasteiger partial charge < -0.3 is 20.1 Å². The van der Waals surface area contributed by atoms with E-state index in [1.807, 2.05) is 32.0 Å². The molecule has 0 aromatic heterocycles. The molecule has 0 bridgehead atoms. The number of nitrogens with one attached hydrogen (secondary N) is 2. The smallest absolute Gasteiger partial charge is 0.234 e. The summed E-state index contributed by atoms with van der Waals surface area (Å²) in [6, 6.07) is 5.87. The standard InChI is InChI=1S/C14H20N2O3/c1-14(2,16-13(17)8-15-3)7-10-4-5-11-12(6-10)19-9-18-11/h4-6,15H,7-9H2,1-3H3,(H,16,17). The molecular formula is C14H20N2O3. The number of carbonyl (C=O) groups is 1. The summed E-state index contributed by atoms with van der Waals surface area (Å²) in [6.45, 7) is 4.61. The minimum absolute atomic E-state index is 0.00626. The van der Waals surface area contributed by atoms with E-state index in [1.165, 1.54) is 0 Å². The van der Waals surface area contributed by atoms with E-state index in [1.54, 1.807) is 7.05 Å². The average Bonchev–Trinajstić information content (AvgIpc) is 2.74. The third-order valence-electron chi connectivity index (χ3n) is 2.90. The van der Waals surface area contributed by atoms with Crippen molar-refractivity contribution in [2.24, 2.45) is 0 Å². The molecule has 1 aromatic carbocycles. The van der Waals surface area contributed by atoms with Crippen molar-refractivity contribution < 1.29 is 14.3 Å². The zero-order valence-electron chi connectivity index (χ0n) is 11.6. The van der Waals surface area contributed by atoms with E-state index in [0.717, 1.165) is 23.5 Å². The van der Waals surface area contributed by atoms with E-state index in [9.17, 15) is 4.79 Å². The second kappa shape index (κ2) is 5.48. The van der Waals surface area contributed by atoms with Crippen LogP contribution in [0.5, 0.6) is 11.5 Å². The van der Waals surface area contributed by atoms with Gasteiger partial charge in [-0.15, -0.1) is 0 Å². The third-order valence-corrected chi connectivity index (χ3v) is 2.90. The Balaban J connectivity index is 2.01. The molecule has 0 radical (unpaired) electrons. The summed E-state index contributed by atoms with van der Waals surface area (Å²) >= 11 is 0. The molecule has 104 valence electrons. The van der Waals surface area contributed by atoms with E-state index in [-0.39, 0.29) is 18.2 Å². The Hall–Kier alpha value is -1.75. The van der Waals surface area contributed by atoms with Gasteiger partial charge in [0.2, 0.25) is 12.7 Å². The number of ether oxygens (including phenoxy) is 2. The van der Waals surface area contributed by atoms with E-state index in [4.69, 9.17) is 9.47 Å². The van der Waals surface area contributed by atoms with Gasteiger partial charge in [0.15, 0.2) is 11.5 Å². The number of benzene rings is 1. The normalized spacial score (nSPS) is 13.4. The van der Waals surface area contributed by atoms with Crippen LogP contribution in [0.4, 0.5) is 0 Å². The monoisotopic (exact) mass is 264 g/mol. The van der Waals surface area contributed by atoms with Gasteiger partial charge in [-0.2, -0.15) is 0 Å². The first-order chi connectivity index (χ1) is 9.00. The molecule has 0 unspecified atom stereocenters. The van der Waals surface area contributed by atoms with Crippen molar-refractivity contribution >= 4 is 5.91 Å². The number of hydrogen-bond donors (Lipinski definition) is 2. The molecule has 0 aliphatic carbocycles. The Labute approximate surface area is 113 Å². The molecule has 1 aliphatic rings. The topological polar surface area (TPSA) is 59.6 Å². The first kappa shape index (κ1) is 13.7. The maximum Gasteiger partial charge on any atom is 0.234 e. The van der Waals surface area contributed by atoms with Crippen LogP contribution in [0.3, 0.4) is 0 Å². The molecule has 0 atom stereocenters. The molecule has 19 heavy (non-hydrogen) atoms. The highest BCUT2D eigenvalue weighted by atomic mass is 16.7. The highest BCUT2D eigenvalue weighted by molar-refractivity contribution is 5.78. The molecule has 1 aromatic rings. The van der Waals surface area contributed by atoms with Gasteiger partial charge in [-0.3, -0.25) is 4.79 Å². The van der Waals surface area contributed by atoms with Crippen molar-refractivity contribution in [1.29, 1.82) is 0 Å². The van der Waals surface area contributed by atoms with Crippen LogP contribution in [0.15, 0.2) is 18.2 Å². The second-order valence-corrected chi connectivity index (χ2v) is 5.33. The van der Waals surface area contributed by atoms with Gasteiger partial charge in [-0.05, 0) is 45.0 Å². The van der Waals surface area contributed by atoms with Gasteiger partial charge in [0.1, 0.15) is 0 Å². The van der Waals surface area contributed by atoms with Crippen molar-refractivity contribution in [3.8, 4) is 11.5 Å². The van der Waals surface area contributed by atoms with Crippen molar-refractivity contribution in [3.05, 3.63) is 23.8 Å². The molecule has 5 nitrogen and oxygen atoms in total. The van der Waals surface area contributed by atoms with Crippen LogP contribution in [0.25, 0.3) is 0 Å². The van der Waals surface area contributed by atoms with E-state index in [0.29, 0.717) is 6.54 Å². The largest absolute Gasteiger partial charge is 0.454 e. The zero-order chi connectivity index (χ0) is 13.9. The van der Waals surface area contributed by atoms with Gasteiger partial charge in [0, 0.05) is 5.54 Å². The molecule has 1 amide bonds. The van der Waals surface area contributed by atoms with Crippen LogP contribution in [0, 0.1) is 0 Å². The van der Waals surface area contributed by atoms with Crippen LogP contribution in [-0.2, 0) is 11.2 Å². The number of fused-ring (bicyclic) bond motifs is 1. The van der Waals surface area contributed by atoms with Gasteiger partial charge in [0.05, 0.1) is 6.54 Å². The Kier molecular flexibility index (Phi) is 3.95. The predicted octanol–water partition coefficient (Wildman–Crippen LogP) is 1.07. The summed E-state index contributed by atoms with van der Waals surface area (Å²) < 4.78 is 10.6. The lowest BCUT2D eigenvalue weighted by Gasteiger charge is -2.26. The maximum absolute atomic E-state index is 11.6. The van der Waals surface area contributed by atoms with Gasteiger partial charge >= 0.3 is 0 Å². The van der Waals surface area contributed by atoms with Crippen LogP contribution in [-0.4, -0.2) is 31.8 Å². The van der Waals surface area contributed by atoms with Crippen molar-refractivity contribution in [2.75, 3.05) is 20.4 Å². The fourth-order valence-electron chi connectivity index (χ4n) is 2.19. The molecule has 0 saturated carbocycles. The lowest BCUT2D eigenvalue weighted by atomic mass is 9.94. The first-order valence-electron chi connectivity index (χ1n) is 6.34. The summed E-state index contributed by atoms with van der Waals surface area (Å²) in [5.74, 6) is 1.55. The Bertz CT molecular complexity index is 472. The van der Waals surface area contributed by atoms with E-state index < -0.39 is 0 Å². The van der Waals surface area contributed by atoms with E-state index >= 15 is 0 Å². The summed E-state index contributed by atoms with van der Waals surface area (Å²) in [4.78, 5) is 11.6. The number of carbonyl (C=O) groups excluding carboxylic acids is 1. The van der Waals surface area contributed by atoms with Crippen LogP contribution >= 0.6 is 0 Å². The summed E-state index contributed by atoms with van der Waals surface area (Å²) in [5, 5.41) is 5.84. The lowest BCUT2D eigenvalue weighted by molar-refractivity contribution is -0.121. The maximum atomic E-state index is 11.6. The number of rotatable bonds is 5. The van der Waals surface area contributed by atoms with E-state index in [2.05, 4.69) is 10.6 Å². The minimum Gasteiger partial charge on any atom is -0.454 e. The molecular weight excluding hydrogens is 244 g/mol. The van der Waals surface area contributed by atoms with Crippen molar-refractivity contribution in [3.63, 3.8) is 0 Å². The predicted molar refractivity (Wildman–Crippen MR) is 72.4 cm³/mol. The number of hydrogen-bond acceptors (Lipinski definition) is 4. The Morgan fingerprint density at radius 3 is 2.79 bits per heavy atom. The summed E-state index contributed by atoms with van der Waals surface area (Å²) in [7, 11) is 1.75. The molecule has 0 fully saturated rings. The Morgan fingerprint density at radius 1 is 1.32 bits per heavy atom. The van der Waals surface area contributed by atoms with Gasteiger partial charge in [0.25, 0.3) is 0 Å². The zero-order valence-corrected chi connectivity index (χ0v) is 11.6. The van der Waals surface area contributed by atoms with Crippen LogP contribution in [0.1, 0.15) is 19.4 Å². The SMILES string of the molecule is CNCC(=O)NC(C)(C)Cc1ccc2c(c1)OCO2. The van der Waals surface area contributed by atoms with Crippen molar-refractivity contribution in [1.82, 2.24) is 10.6 Å². The molecule has 1 heterocycles.